The Morgan fingerprint density at radius 2 is 1.77 bits per heavy atom. The molecule has 2 heterocycles. The smallest absolute Gasteiger partial charge is 0.254 e. The predicted molar refractivity (Wildman–Crippen MR) is 88.1 cm³/mol. The molecule has 22 heavy (non-hydrogen) atoms. The van der Waals surface area contributed by atoms with Gasteiger partial charge in [-0.05, 0) is 38.1 Å². The molecule has 1 aliphatic heterocycles. The highest BCUT2D eigenvalue weighted by Crippen LogP contribution is 2.21. The van der Waals surface area contributed by atoms with Gasteiger partial charge < -0.3 is 9.80 Å². The Morgan fingerprint density at radius 1 is 1.09 bits per heavy atom. The van der Waals surface area contributed by atoms with Gasteiger partial charge in [0.2, 0.25) is 0 Å². The molecular formula is C18H21N3O. The van der Waals surface area contributed by atoms with E-state index >= 15 is 0 Å². The molecule has 1 atom stereocenters. The van der Waals surface area contributed by atoms with E-state index in [4.69, 9.17) is 0 Å². The molecule has 1 amide bonds. The maximum atomic E-state index is 12.5. The van der Waals surface area contributed by atoms with Gasteiger partial charge in [-0.1, -0.05) is 17.7 Å². The summed E-state index contributed by atoms with van der Waals surface area (Å²) in [7, 11) is 0. The van der Waals surface area contributed by atoms with Crippen LogP contribution in [0.4, 0.5) is 5.69 Å². The average molecular weight is 295 g/mol. The van der Waals surface area contributed by atoms with Crippen LogP contribution >= 0.6 is 0 Å². The Morgan fingerprint density at radius 3 is 2.41 bits per heavy atom. The standard InChI is InChI=1S/C18H21N3O/c1-14-3-5-17(6-4-14)21-12-11-20(13-15(21)2)18(22)16-7-9-19-10-8-16/h3-10,15H,11-13H2,1-2H3/t15-/m0/s1. The zero-order valence-electron chi connectivity index (χ0n) is 13.1. The zero-order chi connectivity index (χ0) is 15.5. The van der Waals surface area contributed by atoms with Crippen molar-refractivity contribution >= 4 is 11.6 Å². The van der Waals surface area contributed by atoms with Crippen molar-refractivity contribution in [3.63, 3.8) is 0 Å². The molecule has 4 nitrogen and oxygen atoms in total. The van der Waals surface area contributed by atoms with Gasteiger partial charge >= 0.3 is 0 Å². The number of piperazine rings is 1. The van der Waals surface area contributed by atoms with E-state index in [2.05, 4.69) is 48.0 Å². The highest BCUT2D eigenvalue weighted by atomic mass is 16.2. The number of amides is 1. The van der Waals surface area contributed by atoms with Crippen LogP contribution in [0, 0.1) is 6.92 Å². The number of hydrogen-bond acceptors (Lipinski definition) is 3. The van der Waals surface area contributed by atoms with Crippen molar-refractivity contribution in [2.24, 2.45) is 0 Å². The molecule has 0 N–H and O–H groups in total. The third kappa shape index (κ3) is 2.96. The lowest BCUT2D eigenvalue weighted by molar-refractivity contribution is 0.0726. The number of aryl methyl sites for hydroxylation is 1. The molecule has 0 radical (unpaired) electrons. The first-order valence-corrected chi connectivity index (χ1v) is 7.68. The van der Waals surface area contributed by atoms with Gasteiger partial charge in [0.15, 0.2) is 0 Å². The van der Waals surface area contributed by atoms with Gasteiger partial charge in [0.05, 0.1) is 0 Å². The fourth-order valence-electron chi connectivity index (χ4n) is 2.94. The lowest BCUT2D eigenvalue weighted by atomic mass is 10.1. The largest absolute Gasteiger partial charge is 0.365 e. The minimum atomic E-state index is 0.0952. The molecule has 1 aromatic heterocycles. The van der Waals surface area contributed by atoms with Crippen LogP contribution < -0.4 is 4.90 Å². The second kappa shape index (κ2) is 6.18. The van der Waals surface area contributed by atoms with E-state index in [1.807, 2.05) is 4.90 Å². The molecule has 1 fully saturated rings. The molecule has 0 aliphatic carbocycles. The number of hydrogen-bond donors (Lipinski definition) is 0. The number of carbonyl (C=O) groups is 1. The topological polar surface area (TPSA) is 36.4 Å². The number of carbonyl (C=O) groups excluding carboxylic acids is 1. The van der Waals surface area contributed by atoms with Gasteiger partial charge in [-0.2, -0.15) is 0 Å². The van der Waals surface area contributed by atoms with E-state index in [1.165, 1.54) is 11.3 Å². The van der Waals surface area contributed by atoms with E-state index in [0.29, 0.717) is 11.6 Å². The van der Waals surface area contributed by atoms with Crippen LogP contribution in [0.5, 0.6) is 0 Å². The molecule has 3 rings (SSSR count). The Kier molecular flexibility index (Phi) is 4.09. The molecule has 0 bridgehead atoms. The molecule has 1 saturated heterocycles. The number of aromatic nitrogens is 1. The van der Waals surface area contributed by atoms with Crippen LogP contribution in [0.15, 0.2) is 48.8 Å². The van der Waals surface area contributed by atoms with E-state index in [9.17, 15) is 4.79 Å². The van der Waals surface area contributed by atoms with Gasteiger partial charge in [-0.3, -0.25) is 9.78 Å². The SMILES string of the molecule is Cc1ccc(N2CCN(C(=O)c3ccncc3)C[C@@H]2C)cc1. The van der Waals surface area contributed by atoms with Crippen molar-refractivity contribution in [1.82, 2.24) is 9.88 Å². The summed E-state index contributed by atoms with van der Waals surface area (Å²) < 4.78 is 0. The van der Waals surface area contributed by atoms with Gasteiger partial charge in [0.25, 0.3) is 5.91 Å². The molecule has 0 saturated carbocycles. The fraction of sp³-hybridized carbons (Fsp3) is 0.333. The Hall–Kier alpha value is -2.36. The average Bonchev–Trinajstić information content (AvgIpc) is 2.56. The lowest BCUT2D eigenvalue weighted by Crippen LogP contribution is -2.53. The van der Waals surface area contributed by atoms with Crippen molar-refractivity contribution in [2.45, 2.75) is 19.9 Å². The van der Waals surface area contributed by atoms with E-state index in [1.54, 1.807) is 24.5 Å². The van der Waals surface area contributed by atoms with Gasteiger partial charge in [0.1, 0.15) is 0 Å². The summed E-state index contributed by atoms with van der Waals surface area (Å²) in [6, 6.07) is 12.5. The van der Waals surface area contributed by atoms with Crippen molar-refractivity contribution in [3.05, 3.63) is 59.9 Å². The highest BCUT2D eigenvalue weighted by Gasteiger charge is 2.27. The zero-order valence-corrected chi connectivity index (χ0v) is 13.1. The predicted octanol–water partition coefficient (Wildman–Crippen LogP) is 2.74. The summed E-state index contributed by atoms with van der Waals surface area (Å²) in [5.41, 5.74) is 3.21. The second-order valence-electron chi connectivity index (χ2n) is 5.87. The van der Waals surface area contributed by atoms with Crippen molar-refractivity contribution in [1.29, 1.82) is 0 Å². The van der Waals surface area contributed by atoms with Crippen LogP contribution in [0.3, 0.4) is 0 Å². The van der Waals surface area contributed by atoms with Crippen LogP contribution in [0.25, 0.3) is 0 Å². The Balaban J connectivity index is 1.70. The minimum Gasteiger partial charge on any atom is -0.365 e. The molecule has 2 aromatic rings. The summed E-state index contributed by atoms with van der Waals surface area (Å²) in [6.45, 7) is 6.62. The van der Waals surface area contributed by atoms with Crippen LogP contribution in [0.1, 0.15) is 22.8 Å². The summed E-state index contributed by atoms with van der Waals surface area (Å²) in [6.07, 6.45) is 3.33. The van der Waals surface area contributed by atoms with Gasteiger partial charge in [0, 0.05) is 49.3 Å². The summed E-state index contributed by atoms with van der Waals surface area (Å²) in [4.78, 5) is 20.8. The number of rotatable bonds is 2. The Bertz CT molecular complexity index is 639. The molecule has 0 spiro atoms. The minimum absolute atomic E-state index is 0.0952. The van der Waals surface area contributed by atoms with E-state index in [0.717, 1.165) is 19.6 Å². The first-order valence-electron chi connectivity index (χ1n) is 7.68. The van der Waals surface area contributed by atoms with Gasteiger partial charge in [-0.25, -0.2) is 0 Å². The van der Waals surface area contributed by atoms with Crippen molar-refractivity contribution < 1.29 is 4.79 Å². The quantitative estimate of drug-likeness (QED) is 0.855. The monoisotopic (exact) mass is 295 g/mol. The maximum Gasteiger partial charge on any atom is 0.254 e. The van der Waals surface area contributed by atoms with Crippen LogP contribution in [0.2, 0.25) is 0 Å². The molecule has 4 heteroatoms. The fourth-order valence-corrected chi connectivity index (χ4v) is 2.94. The highest BCUT2D eigenvalue weighted by molar-refractivity contribution is 5.94. The normalized spacial score (nSPS) is 18.4. The number of nitrogens with zero attached hydrogens (tertiary/aromatic N) is 3. The number of benzene rings is 1. The summed E-state index contributed by atoms with van der Waals surface area (Å²) >= 11 is 0. The van der Waals surface area contributed by atoms with Crippen LogP contribution in [-0.4, -0.2) is 41.5 Å². The second-order valence-corrected chi connectivity index (χ2v) is 5.87. The number of anilines is 1. The molecular weight excluding hydrogens is 274 g/mol. The van der Waals surface area contributed by atoms with Crippen molar-refractivity contribution in [3.8, 4) is 0 Å². The van der Waals surface area contributed by atoms with E-state index in [-0.39, 0.29) is 5.91 Å². The molecule has 1 aliphatic rings. The van der Waals surface area contributed by atoms with Crippen molar-refractivity contribution in [2.75, 3.05) is 24.5 Å². The van der Waals surface area contributed by atoms with Gasteiger partial charge in [-0.15, -0.1) is 0 Å². The molecule has 0 unspecified atom stereocenters. The summed E-state index contributed by atoms with van der Waals surface area (Å²) in [5, 5.41) is 0. The third-order valence-corrected chi connectivity index (χ3v) is 4.21. The Labute approximate surface area is 131 Å². The molecule has 114 valence electrons. The first kappa shape index (κ1) is 14.6. The third-order valence-electron chi connectivity index (χ3n) is 4.21. The maximum absolute atomic E-state index is 12.5. The lowest BCUT2D eigenvalue weighted by Gasteiger charge is -2.41. The summed E-state index contributed by atoms with van der Waals surface area (Å²) in [5.74, 6) is 0.0952. The van der Waals surface area contributed by atoms with E-state index < -0.39 is 0 Å². The number of pyridine rings is 1. The first-order chi connectivity index (χ1) is 10.6. The molecule has 1 aromatic carbocycles. The van der Waals surface area contributed by atoms with Crippen LogP contribution in [-0.2, 0) is 0 Å².